The molecule has 0 saturated carbocycles. The number of carbonyl (C=O) groups is 4. The molecule has 0 aromatic carbocycles. The maximum absolute atomic E-state index is 14.1. The Morgan fingerprint density at radius 3 is 1.48 bits per heavy atom. The molecule has 0 aromatic heterocycles. The SMILES string of the molecule is CCCCCCCC/C=C\CCCCCCCC(=O)N(CCCCCCCCCCCCCCCCCC)[C@]1(N)O[C@H](CO)[C@@H](O)[C@H](O)[C@H]1C(=O)C(N)C(=O)[C@@H](N)CC(=O)O. The molecule has 0 aliphatic carbocycles. The Balaban J connectivity index is 2.89. The number of aliphatic hydroxyl groups excluding tert-OH is 3. The minimum atomic E-state index is -2.38. The van der Waals surface area contributed by atoms with E-state index in [-0.39, 0.29) is 13.0 Å². The van der Waals surface area contributed by atoms with Gasteiger partial charge in [-0.3, -0.25) is 24.9 Å². The van der Waals surface area contributed by atoms with Gasteiger partial charge in [0.2, 0.25) is 11.8 Å². The molecule has 1 amide bonds. The minimum Gasteiger partial charge on any atom is -0.481 e. The molecule has 1 rings (SSSR count). The average molecular weight is 867 g/mol. The zero-order chi connectivity index (χ0) is 45.3. The van der Waals surface area contributed by atoms with Crippen LogP contribution in [-0.2, 0) is 23.9 Å². The highest BCUT2D eigenvalue weighted by Crippen LogP contribution is 2.36. The topological polar surface area (TPSA) is 240 Å². The summed E-state index contributed by atoms with van der Waals surface area (Å²) < 4.78 is 5.99. The number of hydrogen-bond donors (Lipinski definition) is 7. The number of carbonyl (C=O) groups excluding carboxylic acids is 3. The van der Waals surface area contributed by atoms with Crippen molar-refractivity contribution in [1.82, 2.24) is 4.90 Å². The first-order valence-corrected chi connectivity index (χ1v) is 24.6. The lowest BCUT2D eigenvalue weighted by Crippen LogP contribution is -2.76. The quantitative estimate of drug-likeness (QED) is 0.0136. The van der Waals surface area contributed by atoms with E-state index in [1.54, 1.807) is 0 Å². The van der Waals surface area contributed by atoms with E-state index in [4.69, 9.17) is 27.0 Å². The van der Waals surface area contributed by atoms with Gasteiger partial charge in [0.05, 0.1) is 25.2 Å². The van der Waals surface area contributed by atoms with Gasteiger partial charge >= 0.3 is 5.97 Å². The molecule has 13 heteroatoms. The fraction of sp³-hybridized carbons (Fsp3) is 0.875. The number of ketones is 2. The first-order valence-electron chi connectivity index (χ1n) is 24.6. The van der Waals surface area contributed by atoms with Crippen molar-refractivity contribution in [3.05, 3.63) is 12.2 Å². The summed E-state index contributed by atoms with van der Waals surface area (Å²) in [6.07, 6.45) is 31.5. The number of carboxylic acid groups (broad SMARTS) is 1. The Kier molecular flexibility index (Phi) is 32.7. The number of rotatable bonds is 40. The van der Waals surface area contributed by atoms with Crippen LogP contribution < -0.4 is 17.2 Å². The van der Waals surface area contributed by atoms with Crippen molar-refractivity contribution in [2.75, 3.05) is 13.2 Å². The summed E-state index contributed by atoms with van der Waals surface area (Å²) in [5.41, 5.74) is 18.7. The maximum atomic E-state index is 14.1. The molecular weight excluding hydrogens is 777 g/mol. The summed E-state index contributed by atoms with van der Waals surface area (Å²) in [7, 11) is 0. The maximum Gasteiger partial charge on any atom is 0.305 e. The predicted molar refractivity (Wildman–Crippen MR) is 243 cm³/mol. The second-order valence-electron chi connectivity index (χ2n) is 17.7. The van der Waals surface area contributed by atoms with E-state index in [1.807, 2.05) is 0 Å². The van der Waals surface area contributed by atoms with E-state index >= 15 is 0 Å². The smallest absolute Gasteiger partial charge is 0.305 e. The molecule has 7 atom stereocenters. The molecule has 0 radical (unpaired) electrons. The van der Waals surface area contributed by atoms with Gasteiger partial charge in [0.15, 0.2) is 11.6 Å². The first-order chi connectivity index (χ1) is 29.4. The van der Waals surface area contributed by atoms with Crippen LogP contribution in [-0.4, -0.2) is 98.2 Å². The number of nitrogens with two attached hydrogens (primary N) is 3. The van der Waals surface area contributed by atoms with Crippen molar-refractivity contribution in [2.24, 2.45) is 23.1 Å². The number of aliphatic carboxylic acids is 1. The van der Waals surface area contributed by atoms with Crippen molar-refractivity contribution >= 4 is 23.4 Å². The number of hydrogen-bond acceptors (Lipinski definition) is 11. The molecule has 1 heterocycles. The highest BCUT2D eigenvalue weighted by atomic mass is 16.6. The highest BCUT2D eigenvalue weighted by molar-refractivity contribution is 6.10. The Labute approximate surface area is 369 Å². The molecule has 61 heavy (non-hydrogen) atoms. The van der Waals surface area contributed by atoms with Crippen molar-refractivity contribution in [3.8, 4) is 0 Å². The molecule has 1 fully saturated rings. The summed E-state index contributed by atoms with van der Waals surface area (Å²) >= 11 is 0. The summed E-state index contributed by atoms with van der Waals surface area (Å²) in [6.45, 7) is 3.76. The van der Waals surface area contributed by atoms with Gasteiger partial charge in [-0.2, -0.15) is 0 Å². The molecule has 0 bridgehead atoms. The molecule has 1 unspecified atom stereocenters. The van der Waals surface area contributed by atoms with Gasteiger partial charge in [0.1, 0.15) is 24.2 Å². The fourth-order valence-corrected chi connectivity index (χ4v) is 8.44. The number of aliphatic hydroxyl groups is 3. The van der Waals surface area contributed by atoms with Crippen LogP contribution in [0.1, 0.15) is 213 Å². The standard InChI is InChI=1S/C48H90N4O9/c1-3-5-7-9-11-13-15-17-19-21-23-25-27-29-31-33-35-52(40(54)34-32-30-28-26-24-22-20-18-16-14-12-10-8-6-4-2)48(51)42(47(60)45(58)39(37-53)61-48)46(59)43(50)44(57)38(49)36-41(55)56/h18,20,38-39,42-43,45,47,53,58,60H,3-17,19,21-37,49-51H2,1-2H3,(H,55,56)/b20-18-/t38-,39+,42+,43?,45+,47+,48-/m0/s1. The first kappa shape index (κ1) is 56.8. The van der Waals surface area contributed by atoms with Crippen molar-refractivity contribution in [1.29, 1.82) is 0 Å². The van der Waals surface area contributed by atoms with Gasteiger partial charge in [-0.1, -0.05) is 174 Å². The van der Waals surface area contributed by atoms with E-state index in [9.17, 15) is 34.5 Å². The molecule has 1 aliphatic rings. The molecule has 1 aliphatic heterocycles. The third-order valence-electron chi connectivity index (χ3n) is 12.3. The molecule has 1 saturated heterocycles. The van der Waals surface area contributed by atoms with Gasteiger partial charge < -0.3 is 41.5 Å². The third-order valence-corrected chi connectivity index (χ3v) is 12.3. The predicted octanol–water partition coefficient (Wildman–Crippen LogP) is 7.72. The summed E-state index contributed by atoms with van der Waals surface area (Å²) in [4.78, 5) is 53.5. The molecule has 356 valence electrons. The van der Waals surface area contributed by atoms with Crippen LogP contribution in [0.5, 0.6) is 0 Å². The fourth-order valence-electron chi connectivity index (χ4n) is 8.44. The van der Waals surface area contributed by atoms with Crippen molar-refractivity contribution in [2.45, 2.75) is 249 Å². The summed E-state index contributed by atoms with van der Waals surface area (Å²) in [5, 5.41) is 41.4. The number of amides is 1. The van der Waals surface area contributed by atoms with E-state index in [0.29, 0.717) is 12.8 Å². The van der Waals surface area contributed by atoms with Crippen LogP contribution in [0, 0.1) is 5.92 Å². The van der Waals surface area contributed by atoms with E-state index in [0.717, 1.165) is 64.2 Å². The number of unbranched alkanes of at least 4 members (excludes halogenated alkanes) is 26. The van der Waals surface area contributed by atoms with Crippen molar-refractivity contribution in [3.63, 3.8) is 0 Å². The monoisotopic (exact) mass is 867 g/mol. The van der Waals surface area contributed by atoms with E-state index in [2.05, 4.69) is 26.0 Å². The Morgan fingerprint density at radius 1 is 0.639 bits per heavy atom. The van der Waals surface area contributed by atoms with Crippen molar-refractivity contribution < 1.29 is 44.3 Å². The molecule has 0 aromatic rings. The lowest BCUT2D eigenvalue weighted by Gasteiger charge is -2.53. The zero-order valence-electron chi connectivity index (χ0n) is 38.5. The summed E-state index contributed by atoms with van der Waals surface area (Å²) in [5.74, 6) is -8.33. The molecular formula is C48H90N4O9. The summed E-state index contributed by atoms with van der Waals surface area (Å²) in [6, 6.07) is -3.64. The largest absolute Gasteiger partial charge is 0.481 e. The highest BCUT2D eigenvalue weighted by Gasteiger charge is 2.60. The third kappa shape index (κ3) is 23.3. The lowest BCUT2D eigenvalue weighted by molar-refractivity contribution is -0.291. The van der Waals surface area contributed by atoms with Crippen LogP contribution in [0.25, 0.3) is 0 Å². The van der Waals surface area contributed by atoms with Crippen LogP contribution in [0.3, 0.4) is 0 Å². The van der Waals surface area contributed by atoms with Gasteiger partial charge in [-0.05, 0) is 38.5 Å². The number of carboxylic acids is 1. The minimum absolute atomic E-state index is 0.0608. The number of nitrogens with zero attached hydrogens (tertiary/aromatic N) is 1. The average Bonchev–Trinajstić information content (AvgIpc) is 3.23. The number of ether oxygens (including phenoxy) is 1. The van der Waals surface area contributed by atoms with Crippen LogP contribution >= 0.6 is 0 Å². The lowest BCUT2D eigenvalue weighted by atomic mass is 9.79. The normalized spacial score (nSPS) is 21.4. The van der Waals surface area contributed by atoms with E-state index in [1.165, 1.54) is 114 Å². The van der Waals surface area contributed by atoms with Crippen LogP contribution in [0.4, 0.5) is 0 Å². The second kappa shape index (κ2) is 35.1. The Bertz CT molecular complexity index is 1210. The van der Waals surface area contributed by atoms with Gasteiger partial charge in [-0.25, -0.2) is 0 Å². The number of Topliss-reactive ketones (excluding diaryl/α,β-unsaturated/α-hetero) is 2. The van der Waals surface area contributed by atoms with E-state index < -0.39 is 78.6 Å². The van der Waals surface area contributed by atoms with Gasteiger partial charge in [0, 0.05) is 13.0 Å². The van der Waals surface area contributed by atoms with Crippen LogP contribution in [0.2, 0.25) is 0 Å². The molecule has 10 N–H and O–H groups in total. The Hall–Kier alpha value is -2.26. The Morgan fingerprint density at radius 2 is 1.05 bits per heavy atom. The molecule has 0 spiro atoms. The second-order valence-corrected chi connectivity index (χ2v) is 17.7. The molecule has 13 nitrogen and oxygen atoms in total. The van der Waals surface area contributed by atoms with Gasteiger partial charge in [-0.15, -0.1) is 0 Å². The zero-order valence-corrected chi connectivity index (χ0v) is 38.5. The van der Waals surface area contributed by atoms with Gasteiger partial charge in [0.25, 0.3) is 0 Å². The van der Waals surface area contributed by atoms with Crippen LogP contribution in [0.15, 0.2) is 12.2 Å². The number of allylic oxidation sites excluding steroid dienone is 2.